The lowest BCUT2D eigenvalue weighted by Gasteiger charge is -2.45. The number of carboxylic acids is 1. The van der Waals surface area contributed by atoms with Crippen molar-refractivity contribution in [3.8, 4) is 0 Å². The largest absolute Gasteiger partial charge is 0.481 e. The van der Waals surface area contributed by atoms with Crippen molar-refractivity contribution in [3.05, 3.63) is 18.7 Å². The molecule has 1 aromatic heterocycles. The summed E-state index contributed by atoms with van der Waals surface area (Å²) in [4.78, 5) is 28.0. The van der Waals surface area contributed by atoms with Gasteiger partial charge in [-0.3, -0.25) is 9.59 Å². The first-order valence-corrected chi connectivity index (χ1v) is 8.13. The molecule has 4 rings (SSSR count). The number of aliphatic carboxylic acids is 1. The number of carboxylic acid groups (broad SMARTS) is 1. The molecule has 2 N–H and O–H groups in total. The number of hydrogen-bond acceptors (Lipinski definition) is 3. The van der Waals surface area contributed by atoms with E-state index in [9.17, 15) is 14.7 Å². The van der Waals surface area contributed by atoms with E-state index < -0.39 is 11.9 Å². The lowest BCUT2D eigenvalue weighted by Crippen LogP contribution is -2.51. The predicted molar refractivity (Wildman–Crippen MR) is 79.9 cm³/mol. The average molecular weight is 305 g/mol. The van der Waals surface area contributed by atoms with Gasteiger partial charge in [0.25, 0.3) is 0 Å². The number of hydrogen-bond donors (Lipinski definition) is 2. The predicted octanol–water partition coefficient (Wildman–Crippen LogP) is 1.53. The van der Waals surface area contributed by atoms with Crippen molar-refractivity contribution in [2.75, 3.05) is 6.54 Å². The summed E-state index contributed by atoms with van der Waals surface area (Å²) in [7, 11) is 0. The molecule has 1 heterocycles. The van der Waals surface area contributed by atoms with Crippen LogP contribution in [0.15, 0.2) is 18.7 Å². The summed E-state index contributed by atoms with van der Waals surface area (Å²) in [6.07, 6.45) is 10.1. The maximum absolute atomic E-state index is 12.5. The van der Waals surface area contributed by atoms with Crippen LogP contribution in [0.5, 0.6) is 0 Å². The van der Waals surface area contributed by atoms with E-state index in [4.69, 9.17) is 0 Å². The number of imidazole rings is 1. The minimum atomic E-state index is -0.798. The Balaban J connectivity index is 1.53. The van der Waals surface area contributed by atoms with Crippen LogP contribution < -0.4 is 5.32 Å². The van der Waals surface area contributed by atoms with E-state index in [1.807, 2.05) is 10.8 Å². The van der Waals surface area contributed by atoms with E-state index >= 15 is 0 Å². The molecule has 2 atom stereocenters. The van der Waals surface area contributed by atoms with E-state index in [0.29, 0.717) is 6.54 Å². The number of rotatable bonds is 6. The first-order valence-electron chi connectivity index (χ1n) is 8.13. The Labute approximate surface area is 129 Å². The number of fused-ring (bicyclic) bond motifs is 3. The highest BCUT2D eigenvalue weighted by Gasteiger charge is 2.50. The minimum absolute atomic E-state index is 0.0626. The molecule has 6 heteroatoms. The van der Waals surface area contributed by atoms with Crippen LogP contribution in [0, 0.1) is 23.7 Å². The Hall–Kier alpha value is -1.85. The third-order valence-electron chi connectivity index (χ3n) is 5.26. The van der Waals surface area contributed by atoms with Crippen LogP contribution in [0.4, 0.5) is 0 Å². The zero-order valence-electron chi connectivity index (χ0n) is 12.6. The SMILES string of the molecule is O=C(O)[C@@H]1C2CCC(CC2)[C@H]1C(=O)NCCCn1ccnc1. The number of carbonyl (C=O) groups excluding carboxylic acids is 1. The number of carbonyl (C=O) groups is 2. The van der Waals surface area contributed by atoms with E-state index in [2.05, 4.69) is 10.3 Å². The molecule has 0 aliphatic heterocycles. The van der Waals surface area contributed by atoms with E-state index in [0.717, 1.165) is 38.6 Å². The van der Waals surface area contributed by atoms with Crippen LogP contribution in [0.2, 0.25) is 0 Å². The Morgan fingerprint density at radius 3 is 2.45 bits per heavy atom. The molecule has 0 aromatic carbocycles. The molecule has 0 spiro atoms. The highest BCUT2D eigenvalue weighted by atomic mass is 16.4. The van der Waals surface area contributed by atoms with Crippen molar-refractivity contribution in [2.24, 2.45) is 23.7 Å². The molecule has 3 fully saturated rings. The molecule has 120 valence electrons. The maximum Gasteiger partial charge on any atom is 0.307 e. The Morgan fingerprint density at radius 2 is 1.86 bits per heavy atom. The summed E-state index contributed by atoms with van der Waals surface area (Å²) in [5.74, 6) is -1.25. The van der Waals surface area contributed by atoms with E-state index in [-0.39, 0.29) is 23.7 Å². The Kier molecular flexibility index (Phi) is 4.45. The van der Waals surface area contributed by atoms with Crippen molar-refractivity contribution in [1.82, 2.24) is 14.9 Å². The Morgan fingerprint density at radius 1 is 1.18 bits per heavy atom. The van der Waals surface area contributed by atoms with Crippen molar-refractivity contribution < 1.29 is 14.7 Å². The second kappa shape index (κ2) is 6.50. The molecule has 22 heavy (non-hydrogen) atoms. The normalized spacial score (nSPS) is 30.2. The van der Waals surface area contributed by atoms with Gasteiger partial charge in [-0.1, -0.05) is 0 Å². The fourth-order valence-electron chi connectivity index (χ4n) is 4.19. The van der Waals surface area contributed by atoms with Crippen molar-refractivity contribution in [1.29, 1.82) is 0 Å². The van der Waals surface area contributed by atoms with Crippen LogP contribution in [-0.4, -0.2) is 33.1 Å². The topological polar surface area (TPSA) is 84.2 Å². The number of aromatic nitrogens is 2. The van der Waals surface area contributed by atoms with Gasteiger partial charge in [0.1, 0.15) is 0 Å². The summed E-state index contributed by atoms with van der Waals surface area (Å²) in [6.45, 7) is 1.39. The fourth-order valence-corrected chi connectivity index (χ4v) is 4.19. The number of aryl methyl sites for hydroxylation is 1. The summed E-state index contributed by atoms with van der Waals surface area (Å²) >= 11 is 0. The first-order chi connectivity index (χ1) is 10.7. The molecule has 0 radical (unpaired) electrons. The lowest BCUT2D eigenvalue weighted by molar-refractivity contribution is -0.158. The molecule has 6 nitrogen and oxygen atoms in total. The molecule has 2 bridgehead atoms. The smallest absolute Gasteiger partial charge is 0.307 e. The first kappa shape index (κ1) is 15.1. The van der Waals surface area contributed by atoms with Gasteiger partial charge in [-0.25, -0.2) is 4.98 Å². The van der Waals surface area contributed by atoms with Crippen molar-refractivity contribution in [3.63, 3.8) is 0 Å². The molecule has 1 aromatic rings. The molecule has 3 aliphatic rings. The third kappa shape index (κ3) is 3.00. The Bertz CT molecular complexity index is 521. The third-order valence-corrected chi connectivity index (χ3v) is 5.26. The van der Waals surface area contributed by atoms with Crippen LogP contribution >= 0.6 is 0 Å². The molecular weight excluding hydrogens is 282 g/mol. The van der Waals surface area contributed by atoms with Gasteiger partial charge in [0.05, 0.1) is 18.2 Å². The van der Waals surface area contributed by atoms with Gasteiger partial charge in [-0.2, -0.15) is 0 Å². The molecular formula is C16H23N3O3. The molecule has 3 saturated carbocycles. The van der Waals surface area contributed by atoms with Crippen LogP contribution in [-0.2, 0) is 16.1 Å². The number of nitrogens with one attached hydrogen (secondary N) is 1. The van der Waals surface area contributed by atoms with E-state index in [1.165, 1.54) is 0 Å². The van der Waals surface area contributed by atoms with Crippen molar-refractivity contribution in [2.45, 2.75) is 38.6 Å². The summed E-state index contributed by atoms with van der Waals surface area (Å²) in [5.41, 5.74) is 0. The lowest BCUT2D eigenvalue weighted by atomic mass is 9.58. The second-order valence-electron chi connectivity index (χ2n) is 6.51. The maximum atomic E-state index is 12.5. The zero-order valence-corrected chi connectivity index (χ0v) is 12.6. The quantitative estimate of drug-likeness (QED) is 0.781. The van der Waals surface area contributed by atoms with Gasteiger partial charge in [-0.15, -0.1) is 0 Å². The van der Waals surface area contributed by atoms with Gasteiger partial charge in [-0.05, 0) is 43.9 Å². The molecule has 1 amide bonds. The van der Waals surface area contributed by atoms with Crippen molar-refractivity contribution >= 4 is 11.9 Å². The molecule has 0 saturated heterocycles. The summed E-state index contributed by atoms with van der Waals surface area (Å²) in [6, 6.07) is 0. The van der Waals surface area contributed by atoms with Gasteiger partial charge in [0.15, 0.2) is 0 Å². The van der Waals surface area contributed by atoms with E-state index in [1.54, 1.807) is 12.5 Å². The van der Waals surface area contributed by atoms with Crippen LogP contribution in [0.3, 0.4) is 0 Å². The molecule has 3 aliphatic carbocycles. The zero-order chi connectivity index (χ0) is 15.5. The molecule has 0 unspecified atom stereocenters. The van der Waals surface area contributed by atoms with Gasteiger partial charge < -0.3 is 15.0 Å². The summed E-state index contributed by atoms with van der Waals surface area (Å²) in [5, 5.41) is 12.4. The van der Waals surface area contributed by atoms with Gasteiger partial charge >= 0.3 is 5.97 Å². The highest BCUT2D eigenvalue weighted by Crippen LogP contribution is 2.49. The second-order valence-corrected chi connectivity index (χ2v) is 6.51. The summed E-state index contributed by atoms with van der Waals surface area (Å²) < 4.78 is 1.97. The van der Waals surface area contributed by atoms with Crippen LogP contribution in [0.25, 0.3) is 0 Å². The standard InChI is InChI=1S/C16H23N3O3/c20-15(18-6-1-8-19-9-7-17-10-19)13-11-2-4-12(5-3-11)14(13)16(21)22/h7,9-14H,1-6,8H2,(H,18,20)(H,21,22)/t11?,12?,13-,14-/m1/s1. The highest BCUT2D eigenvalue weighted by molar-refractivity contribution is 5.85. The minimum Gasteiger partial charge on any atom is -0.481 e. The average Bonchev–Trinajstić information content (AvgIpc) is 3.04. The number of nitrogens with zero attached hydrogens (tertiary/aromatic N) is 2. The van der Waals surface area contributed by atoms with Gasteiger partial charge in [0.2, 0.25) is 5.91 Å². The monoisotopic (exact) mass is 305 g/mol. The number of amides is 1. The van der Waals surface area contributed by atoms with Gasteiger partial charge in [0, 0.05) is 25.5 Å². The fraction of sp³-hybridized carbons (Fsp3) is 0.688. The van der Waals surface area contributed by atoms with Crippen LogP contribution in [0.1, 0.15) is 32.1 Å².